The zero-order valence-electron chi connectivity index (χ0n) is 19.9. The molecular formula is C27H29FN2O4S. The molecule has 1 aromatic heterocycles. The van der Waals surface area contributed by atoms with E-state index in [2.05, 4.69) is 0 Å². The van der Waals surface area contributed by atoms with E-state index in [-0.39, 0.29) is 36.8 Å². The van der Waals surface area contributed by atoms with Crippen LogP contribution in [0, 0.1) is 5.82 Å². The number of nitrogens with zero attached hydrogens (tertiary/aromatic N) is 2. The largest absolute Gasteiger partial charge is 0.497 e. The molecule has 0 unspecified atom stereocenters. The van der Waals surface area contributed by atoms with Crippen molar-refractivity contribution in [3.05, 3.63) is 81.8 Å². The number of carbonyl (C=O) groups is 2. The summed E-state index contributed by atoms with van der Waals surface area (Å²) in [6, 6.07) is 14.8. The van der Waals surface area contributed by atoms with E-state index in [1.807, 2.05) is 18.4 Å². The van der Waals surface area contributed by atoms with E-state index in [9.17, 15) is 14.0 Å². The maximum atomic E-state index is 14.1. The Labute approximate surface area is 208 Å². The number of ether oxygens (including phenoxy) is 2. The number of amides is 2. The second-order valence-electron chi connectivity index (χ2n) is 8.35. The van der Waals surface area contributed by atoms with Gasteiger partial charge in [-0.05, 0) is 60.2 Å². The van der Waals surface area contributed by atoms with E-state index in [0.29, 0.717) is 24.4 Å². The van der Waals surface area contributed by atoms with Crippen LogP contribution in [-0.2, 0) is 11.2 Å². The number of hydrogen-bond donors (Lipinski definition) is 0. The standard InChI is InChI=1S/C27H29FN2O4S/c1-3-13-29(27(32)19-7-6-8-20(16-19)33-2)17-26(31)30-14-11-25-21(12-15-35-25)23(30)18-34-24-10-5-4-9-22(24)28/h4-10,12,15-16,23H,3,11,13-14,17-18H2,1-2H3/t23-/m0/s1. The number of para-hydroxylation sites is 1. The minimum Gasteiger partial charge on any atom is -0.497 e. The lowest BCUT2D eigenvalue weighted by Crippen LogP contribution is -2.48. The highest BCUT2D eigenvalue weighted by atomic mass is 32.1. The molecule has 1 atom stereocenters. The Morgan fingerprint density at radius 2 is 2.00 bits per heavy atom. The summed E-state index contributed by atoms with van der Waals surface area (Å²) >= 11 is 1.65. The summed E-state index contributed by atoms with van der Waals surface area (Å²) in [5, 5.41) is 2.00. The summed E-state index contributed by atoms with van der Waals surface area (Å²) in [6.45, 7) is 3.04. The van der Waals surface area contributed by atoms with Gasteiger partial charge in [0, 0.05) is 23.5 Å². The number of benzene rings is 2. The molecule has 0 saturated carbocycles. The van der Waals surface area contributed by atoms with Crippen molar-refractivity contribution in [3.8, 4) is 11.5 Å². The van der Waals surface area contributed by atoms with Gasteiger partial charge in [-0.15, -0.1) is 11.3 Å². The third-order valence-corrected chi connectivity index (χ3v) is 7.07. The van der Waals surface area contributed by atoms with Crippen LogP contribution in [0.15, 0.2) is 60.0 Å². The molecule has 0 radical (unpaired) electrons. The van der Waals surface area contributed by atoms with Crippen LogP contribution >= 0.6 is 11.3 Å². The molecule has 2 amide bonds. The molecule has 2 heterocycles. The molecule has 0 saturated heterocycles. The Morgan fingerprint density at radius 3 is 2.77 bits per heavy atom. The molecule has 1 aliphatic rings. The molecule has 0 N–H and O–H groups in total. The van der Waals surface area contributed by atoms with Gasteiger partial charge in [0.25, 0.3) is 5.91 Å². The number of carbonyl (C=O) groups excluding carboxylic acids is 2. The fraction of sp³-hybridized carbons (Fsp3) is 0.333. The number of rotatable bonds is 9. The van der Waals surface area contributed by atoms with Crippen molar-refractivity contribution in [2.75, 3.05) is 33.4 Å². The normalized spacial score (nSPS) is 14.8. The van der Waals surface area contributed by atoms with Gasteiger partial charge in [0.05, 0.1) is 13.2 Å². The monoisotopic (exact) mass is 496 g/mol. The number of methoxy groups -OCH3 is 1. The highest BCUT2D eigenvalue weighted by molar-refractivity contribution is 7.10. The van der Waals surface area contributed by atoms with E-state index >= 15 is 0 Å². The molecule has 35 heavy (non-hydrogen) atoms. The molecule has 184 valence electrons. The van der Waals surface area contributed by atoms with E-state index in [0.717, 1.165) is 18.4 Å². The lowest BCUT2D eigenvalue weighted by molar-refractivity contribution is -0.135. The Hall–Kier alpha value is -3.39. The van der Waals surface area contributed by atoms with Crippen molar-refractivity contribution < 1.29 is 23.5 Å². The highest BCUT2D eigenvalue weighted by Gasteiger charge is 2.33. The summed E-state index contributed by atoms with van der Waals surface area (Å²) in [5.74, 6) is -0.0713. The minimum atomic E-state index is -0.440. The van der Waals surface area contributed by atoms with Crippen LogP contribution in [0.25, 0.3) is 0 Å². The zero-order chi connectivity index (χ0) is 24.8. The molecule has 3 aromatic rings. The lowest BCUT2D eigenvalue weighted by atomic mass is 10.0. The zero-order valence-corrected chi connectivity index (χ0v) is 20.7. The molecule has 8 heteroatoms. The first-order chi connectivity index (χ1) is 17.0. The average Bonchev–Trinajstić information content (AvgIpc) is 3.36. The number of hydrogen-bond acceptors (Lipinski definition) is 5. The van der Waals surface area contributed by atoms with E-state index in [1.165, 1.54) is 10.9 Å². The first-order valence-electron chi connectivity index (χ1n) is 11.7. The van der Waals surface area contributed by atoms with Crippen LogP contribution in [0.2, 0.25) is 0 Å². The van der Waals surface area contributed by atoms with Gasteiger partial charge in [-0.1, -0.05) is 25.1 Å². The summed E-state index contributed by atoms with van der Waals surface area (Å²) in [6.07, 6.45) is 1.46. The minimum absolute atomic E-state index is 0.0421. The average molecular weight is 497 g/mol. The fourth-order valence-electron chi connectivity index (χ4n) is 4.32. The number of thiophene rings is 1. The van der Waals surface area contributed by atoms with Crippen LogP contribution in [-0.4, -0.2) is 55.0 Å². The Balaban J connectivity index is 1.53. The molecule has 0 spiro atoms. The van der Waals surface area contributed by atoms with Gasteiger partial charge in [0.2, 0.25) is 5.91 Å². The van der Waals surface area contributed by atoms with Crippen molar-refractivity contribution in [3.63, 3.8) is 0 Å². The second kappa shape index (κ2) is 11.4. The summed E-state index contributed by atoms with van der Waals surface area (Å²) in [5.41, 5.74) is 1.50. The number of fused-ring (bicyclic) bond motifs is 1. The van der Waals surface area contributed by atoms with Gasteiger partial charge in [0.15, 0.2) is 11.6 Å². The van der Waals surface area contributed by atoms with Crippen LogP contribution in [0.1, 0.15) is 40.2 Å². The fourth-order valence-corrected chi connectivity index (χ4v) is 5.25. The van der Waals surface area contributed by atoms with Crippen molar-refractivity contribution in [1.29, 1.82) is 0 Å². The Morgan fingerprint density at radius 1 is 1.17 bits per heavy atom. The van der Waals surface area contributed by atoms with Gasteiger partial charge in [0.1, 0.15) is 18.9 Å². The first-order valence-corrected chi connectivity index (χ1v) is 12.6. The maximum absolute atomic E-state index is 14.1. The molecule has 1 aliphatic heterocycles. The van der Waals surface area contributed by atoms with Gasteiger partial charge in [-0.2, -0.15) is 0 Å². The summed E-state index contributed by atoms with van der Waals surface area (Å²) < 4.78 is 25.2. The molecule has 0 fully saturated rings. The predicted molar refractivity (Wildman–Crippen MR) is 134 cm³/mol. The molecule has 0 bridgehead atoms. The van der Waals surface area contributed by atoms with Crippen molar-refractivity contribution in [1.82, 2.24) is 9.80 Å². The first kappa shape index (κ1) is 24.7. The number of halogens is 1. The van der Waals surface area contributed by atoms with Gasteiger partial charge >= 0.3 is 0 Å². The summed E-state index contributed by atoms with van der Waals surface area (Å²) in [7, 11) is 1.55. The molecular weight excluding hydrogens is 467 g/mol. The van der Waals surface area contributed by atoms with Crippen molar-refractivity contribution in [2.45, 2.75) is 25.8 Å². The highest BCUT2D eigenvalue weighted by Crippen LogP contribution is 2.34. The van der Waals surface area contributed by atoms with Gasteiger partial charge in [-0.3, -0.25) is 9.59 Å². The van der Waals surface area contributed by atoms with Crippen molar-refractivity contribution >= 4 is 23.2 Å². The molecule has 2 aromatic carbocycles. The summed E-state index contributed by atoms with van der Waals surface area (Å²) in [4.78, 5) is 31.3. The van der Waals surface area contributed by atoms with E-state index in [1.54, 1.807) is 70.7 Å². The topological polar surface area (TPSA) is 59.1 Å². The van der Waals surface area contributed by atoms with Crippen LogP contribution in [0.5, 0.6) is 11.5 Å². The Kier molecular flexibility index (Phi) is 8.02. The molecule has 0 aliphatic carbocycles. The smallest absolute Gasteiger partial charge is 0.254 e. The predicted octanol–water partition coefficient (Wildman–Crippen LogP) is 4.95. The van der Waals surface area contributed by atoms with Crippen LogP contribution < -0.4 is 9.47 Å². The Bertz CT molecular complexity index is 1180. The maximum Gasteiger partial charge on any atom is 0.254 e. The lowest BCUT2D eigenvalue weighted by Gasteiger charge is -2.37. The van der Waals surface area contributed by atoms with Gasteiger partial charge in [-0.25, -0.2) is 4.39 Å². The van der Waals surface area contributed by atoms with E-state index < -0.39 is 5.82 Å². The van der Waals surface area contributed by atoms with Crippen LogP contribution in [0.3, 0.4) is 0 Å². The van der Waals surface area contributed by atoms with Crippen LogP contribution in [0.4, 0.5) is 4.39 Å². The quantitative estimate of drug-likeness (QED) is 0.421. The molecule has 6 nitrogen and oxygen atoms in total. The van der Waals surface area contributed by atoms with Crippen molar-refractivity contribution in [2.24, 2.45) is 0 Å². The third kappa shape index (κ3) is 5.65. The third-order valence-electron chi connectivity index (χ3n) is 6.07. The molecule has 4 rings (SSSR count). The van der Waals surface area contributed by atoms with E-state index in [4.69, 9.17) is 9.47 Å². The van der Waals surface area contributed by atoms with Gasteiger partial charge < -0.3 is 19.3 Å². The second-order valence-corrected chi connectivity index (χ2v) is 9.35. The SMILES string of the molecule is CCCN(CC(=O)N1CCc2sccc2[C@@H]1COc1ccccc1F)C(=O)c1cccc(OC)c1.